The lowest BCUT2D eigenvalue weighted by Gasteiger charge is -2.39. The molecule has 1 rings (SSSR count). The second kappa shape index (κ2) is 8.34. The maximum Gasteiger partial charge on any atom is 0.0591 e. The van der Waals surface area contributed by atoms with Gasteiger partial charge >= 0.3 is 0 Å². The van der Waals surface area contributed by atoms with Crippen molar-refractivity contribution >= 4 is 11.6 Å². The van der Waals surface area contributed by atoms with E-state index < -0.39 is 0 Å². The Kier molecular flexibility index (Phi) is 7.49. The summed E-state index contributed by atoms with van der Waals surface area (Å²) in [5, 5.41) is 3.63. The first-order valence-corrected chi connectivity index (χ1v) is 7.64. The fraction of sp³-hybridized carbons (Fsp3) is 1.00. The molecule has 0 heterocycles. The van der Waals surface area contributed by atoms with Crippen molar-refractivity contribution in [3.63, 3.8) is 0 Å². The highest BCUT2D eigenvalue weighted by Gasteiger charge is 2.32. The Morgan fingerprint density at radius 1 is 1.29 bits per heavy atom. The molecule has 0 radical (unpaired) electrons. The van der Waals surface area contributed by atoms with Crippen molar-refractivity contribution in [1.29, 1.82) is 0 Å². The predicted molar refractivity (Wildman–Crippen MR) is 74.8 cm³/mol. The van der Waals surface area contributed by atoms with Gasteiger partial charge in [0.2, 0.25) is 0 Å². The normalized spacial score (nSPS) is 29.5. The molecule has 3 heteroatoms. The summed E-state index contributed by atoms with van der Waals surface area (Å²) in [6.45, 7) is 7.17. The Balaban J connectivity index is 2.14. The van der Waals surface area contributed by atoms with Crippen LogP contribution in [0.4, 0.5) is 0 Å². The highest BCUT2D eigenvalue weighted by atomic mass is 35.5. The summed E-state index contributed by atoms with van der Waals surface area (Å²) in [7, 11) is 0. The van der Waals surface area contributed by atoms with Gasteiger partial charge in [0.05, 0.1) is 6.61 Å². The molecule has 0 aromatic heterocycles. The lowest BCUT2D eigenvalue weighted by atomic mass is 9.78. The molecule has 0 aliphatic heterocycles. The van der Waals surface area contributed by atoms with Crippen LogP contribution in [0.1, 0.15) is 52.4 Å². The number of ether oxygens (including phenoxy) is 1. The fourth-order valence-corrected chi connectivity index (χ4v) is 2.77. The van der Waals surface area contributed by atoms with Crippen molar-refractivity contribution in [1.82, 2.24) is 5.32 Å². The predicted octanol–water partition coefficient (Wildman–Crippen LogP) is 3.58. The smallest absolute Gasteiger partial charge is 0.0591 e. The minimum atomic E-state index is 0.183. The van der Waals surface area contributed by atoms with Gasteiger partial charge < -0.3 is 10.1 Å². The van der Waals surface area contributed by atoms with Crippen LogP contribution in [-0.4, -0.2) is 31.2 Å². The molecule has 1 fully saturated rings. The van der Waals surface area contributed by atoms with Gasteiger partial charge in [-0.3, -0.25) is 0 Å². The molecule has 17 heavy (non-hydrogen) atoms. The molecule has 0 bridgehead atoms. The second-order valence-corrected chi connectivity index (χ2v) is 5.76. The van der Waals surface area contributed by atoms with Crippen molar-refractivity contribution < 1.29 is 4.74 Å². The second-order valence-electron chi connectivity index (χ2n) is 5.49. The highest BCUT2D eigenvalue weighted by Crippen LogP contribution is 2.32. The fourth-order valence-electron chi connectivity index (χ4n) is 2.41. The number of hydrogen-bond donors (Lipinski definition) is 1. The zero-order chi connectivity index (χ0) is 12.6. The molecule has 1 aliphatic carbocycles. The third kappa shape index (κ3) is 5.58. The summed E-state index contributed by atoms with van der Waals surface area (Å²) in [6.07, 6.45) is 7.40. The number of rotatable bonds is 8. The summed E-state index contributed by atoms with van der Waals surface area (Å²) in [5.41, 5.74) is 0.183. The first kappa shape index (κ1) is 15.3. The molecule has 0 aromatic rings. The van der Waals surface area contributed by atoms with Crippen LogP contribution in [0.5, 0.6) is 0 Å². The van der Waals surface area contributed by atoms with Gasteiger partial charge in [-0.05, 0) is 38.0 Å². The monoisotopic (exact) mass is 261 g/mol. The van der Waals surface area contributed by atoms with Crippen LogP contribution in [0.2, 0.25) is 0 Å². The zero-order valence-electron chi connectivity index (χ0n) is 11.4. The Bertz CT molecular complexity index is 191. The van der Waals surface area contributed by atoms with Gasteiger partial charge in [-0.2, -0.15) is 0 Å². The van der Waals surface area contributed by atoms with E-state index in [1.807, 2.05) is 0 Å². The average Bonchev–Trinajstić information content (AvgIpc) is 2.36. The Labute approximate surface area is 111 Å². The van der Waals surface area contributed by atoms with E-state index in [0.717, 1.165) is 38.0 Å². The van der Waals surface area contributed by atoms with Crippen LogP contribution in [0, 0.1) is 5.92 Å². The molecule has 1 N–H and O–H groups in total. The third-order valence-electron chi connectivity index (χ3n) is 3.88. The number of halogens is 1. The molecule has 0 saturated heterocycles. The quantitative estimate of drug-likeness (QED) is 0.533. The molecule has 2 nitrogen and oxygen atoms in total. The standard InChI is InChI=1S/C14H28ClNO/c1-3-4-10-17-11-9-16-14(12-15)7-5-13(2)6-8-14/h13,16H,3-12H2,1-2H3. The molecule has 1 saturated carbocycles. The van der Waals surface area contributed by atoms with Crippen LogP contribution in [0.3, 0.4) is 0 Å². The molecule has 0 amide bonds. The molecule has 0 unspecified atom stereocenters. The van der Waals surface area contributed by atoms with Gasteiger partial charge in [0, 0.05) is 24.6 Å². The van der Waals surface area contributed by atoms with E-state index >= 15 is 0 Å². The largest absolute Gasteiger partial charge is 0.380 e. The highest BCUT2D eigenvalue weighted by molar-refractivity contribution is 6.18. The summed E-state index contributed by atoms with van der Waals surface area (Å²) in [4.78, 5) is 0. The van der Waals surface area contributed by atoms with Crippen molar-refractivity contribution in [3.05, 3.63) is 0 Å². The van der Waals surface area contributed by atoms with Crippen LogP contribution < -0.4 is 5.32 Å². The maximum absolute atomic E-state index is 6.14. The van der Waals surface area contributed by atoms with Crippen LogP contribution in [0.25, 0.3) is 0 Å². The van der Waals surface area contributed by atoms with Gasteiger partial charge in [-0.1, -0.05) is 20.3 Å². The topological polar surface area (TPSA) is 21.3 Å². The van der Waals surface area contributed by atoms with Crippen LogP contribution in [0.15, 0.2) is 0 Å². The first-order chi connectivity index (χ1) is 8.22. The van der Waals surface area contributed by atoms with Gasteiger partial charge in [-0.15, -0.1) is 11.6 Å². The van der Waals surface area contributed by atoms with Gasteiger partial charge in [0.25, 0.3) is 0 Å². The maximum atomic E-state index is 6.14. The van der Waals surface area contributed by atoms with E-state index in [2.05, 4.69) is 19.2 Å². The van der Waals surface area contributed by atoms with Crippen molar-refractivity contribution in [2.45, 2.75) is 57.9 Å². The Morgan fingerprint density at radius 3 is 2.59 bits per heavy atom. The summed E-state index contributed by atoms with van der Waals surface area (Å²) in [5.74, 6) is 1.60. The minimum absolute atomic E-state index is 0.183. The summed E-state index contributed by atoms with van der Waals surface area (Å²) in [6, 6.07) is 0. The Hall–Kier alpha value is 0.210. The van der Waals surface area contributed by atoms with E-state index in [4.69, 9.17) is 16.3 Å². The number of nitrogens with one attached hydrogen (secondary N) is 1. The lowest BCUT2D eigenvalue weighted by molar-refractivity contribution is 0.119. The number of alkyl halides is 1. The van der Waals surface area contributed by atoms with E-state index in [0.29, 0.717) is 0 Å². The van der Waals surface area contributed by atoms with Gasteiger partial charge in [-0.25, -0.2) is 0 Å². The van der Waals surface area contributed by atoms with Gasteiger partial charge in [0.15, 0.2) is 0 Å². The molecule has 1 aliphatic rings. The minimum Gasteiger partial charge on any atom is -0.380 e. The zero-order valence-corrected chi connectivity index (χ0v) is 12.2. The van der Waals surface area contributed by atoms with Crippen LogP contribution >= 0.6 is 11.6 Å². The molecule has 102 valence electrons. The van der Waals surface area contributed by atoms with Crippen LogP contribution in [-0.2, 0) is 4.74 Å². The Morgan fingerprint density at radius 2 is 2.00 bits per heavy atom. The third-order valence-corrected chi connectivity index (χ3v) is 4.39. The molecule has 0 atom stereocenters. The lowest BCUT2D eigenvalue weighted by Crippen LogP contribution is -2.50. The molecular weight excluding hydrogens is 234 g/mol. The number of unbranched alkanes of at least 4 members (excludes halogenated alkanes) is 1. The summed E-state index contributed by atoms with van der Waals surface area (Å²) < 4.78 is 5.57. The van der Waals surface area contributed by atoms with E-state index in [9.17, 15) is 0 Å². The molecular formula is C14H28ClNO. The molecule has 0 aromatic carbocycles. The van der Waals surface area contributed by atoms with E-state index in [-0.39, 0.29) is 5.54 Å². The van der Waals surface area contributed by atoms with E-state index in [1.54, 1.807) is 0 Å². The number of hydrogen-bond acceptors (Lipinski definition) is 2. The summed E-state index contributed by atoms with van der Waals surface area (Å²) >= 11 is 6.14. The van der Waals surface area contributed by atoms with Crippen molar-refractivity contribution in [3.8, 4) is 0 Å². The first-order valence-electron chi connectivity index (χ1n) is 7.11. The average molecular weight is 262 g/mol. The van der Waals surface area contributed by atoms with Crippen molar-refractivity contribution in [2.75, 3.05) is 25.6 Å². The van der Waals surface area contributed by atoms with E-state index in [1.165, 1.54) is 32.1 Å². The van der Waals surface area contributed by atoms with Gasteiger partial charge in [0.1, 0.15) is 0 Å². The van der Waals surface area contributed by atoms with Crippen molar-refractivity contribution in [2.24, 2.45) is 5.92 Å². The molecule has 0 spiro atoms. The SMILES string of the molecule is CCCCOCCNC1(CCl)CCC(C)CC1.